The van der Waals surface area contributed by atoms with E-state index in [2.05, 4.69) is 46.1 Å². The monoisotopic (exact) mass is 543 g/mol. The fourth-order valence-corrected chi connectivity index (χ4v) is 4.33. The molecule has 0 spiro atoms. The van der Waals surface area contributed by atoms with Crippen LogP contribution in [0.5, 0.6) is 5.75 Å². The van der Waals surface area contributed by atoms with Crippen molar-refractivity contribution in [1.29, 1.82) is 0 Å². The number of aryl methyl sites for hydroxylation is 1. The Morgan fingerprint density at radius 3 is 2.39 bits per heavy atom. The molecule has 0 bridgehead atoms. The highest BCUT2D eigenvalue weighted by Crippen LogP contribution is 2.19. The molecule has 1 atom stereocenters. The predicted octanol–water partition coefficient (Wildman–Crippen LogP) is 2.72. The van der Waals surface area contributed by atoms with Gasteiger partial charge >= 0.3 is 0 Å². The maximum Gasteiger partial charge on any atom is 0.239 e. The Morgan fingerprint density at radius 2 is 1.81 bits per heavy atom. The number of aliphatic imine (C=N–C) groups is 1. The highest BCUT2D eigenvalue weighted by Gasteiger charge is 2.30. The first-order chi connectivity index (χ1) is 14.5. The van der Waals surface area contributed by atoms with Crippen molar-refractivity contribution in [3.63, 3.8) is 0 Å². The molecule has 0 radical (unpaired) electrons. The molecular formula is C23H38IN5O2. The van der Waals surface area contributed by atoms with E-state index in [0.717, 1.165) is 75.9 Å². The van der Waals surface area contributed by atoms with Gasteiger partial charge in [-0.3, -0.25) is 14.7 Å². The lowest BCUT2D eigenvalue weighted by Gasteiger charge is -2.39. The number of nitrogens with zero attached hydrogens (tertiary/aromatic N) is 4. The molecule has 2 fully saturated rings. The predicted molar refractivity (Wildman–Crippen MR) is 136 cm³/mol. The molecule has 1 aromatic carbocycles. The number of halogens is 1. The quantitative estimate of drug-likeness (QED) is 0.340. The van der Waals surface area contributed by atoms with Crippen molar-refractivity contribution in [3.05, 3.63) is 29.3 Å². The Kier molecular flexibility index (Phi) is 10.3. The number of ether oxygens (including phenoxy) is 1. The zero-order chi connectivity index (χ0) is 21.5. The van der Waals surface area contributed by atoms with E-state index in [1.54, 1.807) is 0 Å². The minimum absolute atomic E-state index is 0. The largest absolute Gasteiger partial charge is 0.494 e. The van der Waals surface area contributed by atoms with Crippen molar-refractivity contribution in [2.75, 3.05) is 52.9 Å². The lowest BCUT2D eigenvalue weighted by atomic mass is 10.1. The van der Waals surface area contributed by atoms with Gasteiger partial charge in [-0.25, -0.2) is 0 Å². The van der Waals surface area contributed by atoms with Gasteiger partial charge in [0.2, 0.25) is 5.91 Å². The maximum absolute atomic E-state index is 12.7. The molecule has 31 heavy (non-hydrogen) atoms. The van der Waals surface area contributed by atoms with Crippen LogP contribution in [-0.4, -0.2) is 85.5 Å². The summed E-state index contributed by atoms with van der Waals surface area (Å²) in [6, 6.07) is 6.26. The highest BCUT2D eigenvalue weighted by molar-refractivity contribution is 14.0. The van der Waals surface area contributed by atoms with E-state index in [1.807, 2.05) is 24.9 Å². The maximum atomic E-state index is 12.7. The van der Waals surface area contributed by atoms with E-state index in [1.165, 1.54) is 5.56 Å². The number of benzene rings is 1. The van der Waals surface area contributed by atoms with Crippen LogP contribution in [0.1, 0.15) is 37.8 Å². The van der Waals surface area contributed by atoms with Crippen molar-refractivity contribution < 1.29 is 9.53 Å². The van der Waals surface area contributed by atoms with E-state index in [-0.39, 0.29) is 35.9 Å². The molecule has 8 heteroatoms. The minimum Gasteiger partial charge on any atom is -0.494 e. The van der Waals surface area contributed by atoms with Crippen molar-refractivity contribution >= 4 is 35.8 Å². The van der Waals surface area contributed by atoms with Crippen LogP contribution in [-0.2, 0) is 11.3 Å². The van der Waals surface area contributed by atoms with E-state index in [0.29, 0.717) is 6.61 Å². The third-order valence-electron chi connectivity index (χ3n) is 6.14. The molecule has 2 aliphatic heterocycles. The van der Waals surface area contributed by atoms with E-state index in [9.17, 15) is 4.79 Å². The highest BCUT2D eigenvalue weighted by atomic mass is 127. The number of hydrogen-bond acceptors (Lipinski definition) is 4. The van der Waals surface area contributed by atoms with Crippen LogP contribution in [0.25, 0.3) is 0 Å². The van der Waals surface area contributed by atoms with Crippen LogP contribution in [0.2, 0.25) is 0 Å². The second-order valence-electron chi connectivity index (χ2n) is 8.17. The summed E-state index contributed by atoms with van der Waals surface area (Å²) >= 11 is 0. The van der Waals surface area contributed by atoms with E-state index in [4.69, 9.17) is 4.74 Å². The normalized spacial score (nSPS) is 18.5. The summed E-state index contributed by atoms with van der Waals surface area (Å²) in [5.41, 5.74) is 2.36. The lowest BCUT2D eigenvalue weighted by Crippen LogP contribution is -2.57. The molecule has 2 heterocycles. The van der Waals surface area contributed by atoms with Crippen LogP contribution >= 0.6 is 24.0 Å². The van der Waals surface area contributed by atoms with Crippen molar-refractivity contribution in [2.24, 2.45) is 4.99 Å². The smallest absolute Gasteiger partial charge is 0.239 e. The summed E-state index contributed by atoms with van der Waals surface area (Å²) in [5, 5.41) is 3.49. The molecule has 1 unspecified atom stereocenters. The van der Waals surface area contributed by atoms with Gasteiger partial charge in [-0.2, -0.15) is 0 Å². The Labute approximate surface area is 204 Å². The van der Waals surface area contributed by atoms with Crippen molar-refractivity contribution in [1.82, 2.24) is 20.0 Å². The number of likely N-dealkylation sites (tertiary alicyclic amines) is 1. The Bertz CT molecular complexity index is 743. The number of hydrogen-bond donors (Lipinski definition) is 1. The summed E-state index contributed by atoms with van der Waals surface area (Å²) in [7, 11) is 1.83. The summed E-state index contributed by atoms with van der Waals surface area (Å²) in [5.74, 6) is 2.15. The van der Waals surface area contributed by atoms with Gasteiger partial charge in [0.1, 0.15) is 5.75 Å². The van der Waals surface area contributed by atoms with Gasteiger partial charge in [0, 0.05) is 52.9 Å². The molecule has 0 aliphatic carbocycles. The van der Waals surface area contributed by atoms with Crippen LogP contribution < -0.4 is 10.1 Å². The first-order valence-electron chi connectivity index (χ1n) is 11.2. The van der Waals surface area contributed by atoms with E-state index < -0.39 is 0 Å². The number of nitrogens with one attached hydrogen (secondary N) is 1. The Morgan fingerprint density at radius 1 is 1.13 bits per heavy atom. The van der Waals surface area contributed by atoms with Crippen molar-refractivity contribution in [3.8, 4) is 5.75 Å². The number of rotatable bonds is 6. The molecule has 1 N–H and O–H groups in total. The van der Waals surface area contributed by atoms with Crippen molar-refractivity contribution in [2.45, 2.75) is 46.2 Å². The van der Waals surface area contributed by atoms with Gasteiger partial charge in [0.15, 0.2) is 5.96 Å². The van der Waals surface area contributed by atoms with Gasteiger partial charge < -0.3 is 19.9 Å². The Hall–Kier alpha value is -1.55. The number of piperazine rings is 1. The third kappa shape index (κ3) is 6.71. The molecule has 1 amide bonds. The van der Waals surface area contributed by atoms with Gasteiger partial charge in [-0.15, -0.1) is 24.0 Å². The summed E-state index contributed by atoms with van der Waals surface area (Å²) in [6.07, 6.45) is 2.28. The second-order valence-corrected chi connectivity index (χ2v) is 8.17. The molecular weight excluding hydrogens is 505 g/mol. The Balaban J connectivity index is 0.00000341. The number of amides is 1. The first kappa shape index (κ1) is 25.7. The molecule has 7 nitrogen and oxygen atoms in total. The van der Waals surface area contributed by atoms with Gasteiger partial charge in [-0.05, 0) is 50.8 Å². The van der Waals surface area contributed by atoms with Crippen LogP contribution in [0, 0.1) is 6.92 Å². The summed E-state index contributed by atoms with van der Waals surface area (Å²) in [6.45, 7) is 12.9. The standard InChI is InChI=1S/C23H37N5O2.HI/c1-5-30-21-9-8-20(16-18(21)2)17-25-23(24-4)28-14-12-26(13-15-28)19(3)22(29)27-10-6-7-11-27;/h8-9,16,19H,5-7,10-15,17H2,1-4H3,(H,24,25);1H. The summed E-state index contributed by atoms with van der Waals surface area (Å²) in [4.78, 5) is 23.8. The molecule has 2 saturated heterocycles. The topological polar surface area (TPSA) is 60.4 Å². The third-order valence-corrected chi connectivity index (χ3v) is 6.14. The second kappa shape index (κ2) is 12.5. The minimum atomic E-state index is -0.0351. The fraction of sp³-hybridized carbons (Fsp3) is 0.652. The molecule has 2 aliphatic rings. The van der Waals surface area contributed by atoms with Crippen LogP contribution in [0.15, 0.2) is 23.2 Å². The van der Waals surface area contributed by atoms with Crippen LogP contribution in [0.4, 0.5) is 0 Å². The van der Waals surface area contributed by atoms with Gasteiger partial charge in [0.05, 0.1) is 12.6 Å². The number of guanidine groups is 1. The molecule has 3 rings (SSSR count). The molecule has 174 valence electrons. The fourth-order valence-electron chi connectivity index (χ4n) is 4.33. The number of carbonyl (C=O) groups is 1. The SMILES string of the molecule is CCOc1ccc(CNC(=NC)N2CCN(C(C)C(=O)N3CCCC3)CC2)cc1C.I. The summed E-state index contributed by atoms with van der Waals surface area (Å²) < 4.78 is 5.63. The zero-order valence-electron chi connectivity index (χ0n) is 19.4. The molecule has 1 aromatic rings. The number of carbonyl (C=O) groups excluding carboxylic acids is 1. The average Bonchev–Trinajstić information content (AvgIpc) is 3.30. The zero-order valence-corrected chi connectivity index (χ0v) is 21.7. The van der Waals surface area contributed by atoms with Crippen LogP contribution in [0.3, 0.4) is 0 Å². The first-order valence-corrected chi connectivity index (χ1v) is 11.2. The van der Waals surface area contributed by atoms with Gasteiger partial charge in [0.25, 0.3) is 0 Å². The molecule has 0 aromatic heterocycles. The average molecular weight is 543 g/mol. The van der Waals surface area contributed by atoms with E-state index >= 15 is 0 Å². The van der Waals surface area contributed by atoms with Gasteiger partial charge in [-0.1, -0.05) is 12.1 Å². The lowest BCUT2D eigenvalue weighted by molar-refractivity contribution is -0.135. The molecule has 0 saturated carbocycles.